The Kier molecular flexibility index (Phi) is 7.28. The van der Waals surface area contributed by atoms with Crippen molar-refractivity contribution in [3.05, 3.63) is 71.3 Å². The van der Waals surface area contributed by atoms with Gasteiger partial charge in [-0.2, -0.15) is 0 Å². The third kappa shape index (κ3) is 5.46. The lowest BCUT2D eigenvalue weighted by molar-refractivity contribution is -0.114. The smallest absolute Gasteiger partial charge is 0.243 e. The van der Waals surface area contributed by atoms with E-state index < -0.39 is 9.84 Å². The van der Waals surface area contributed by atoms with Gasteiger partial charge < -0.3 is 20.1 Å². The lowest BCUT2D eigenvalue weighted by atomic mass is 10.1. The lowest BCUT2D eigenvalue weighted by Gasteiger charge is -2.16. The first-order valence-corrected chi connectivity index (χ1v) is 11.8. The van der Waals surface area contributed by atoms with Crippen molar-refractivity contribution in [3.8, 4) is 11.5 Å². The molecule has 2 N–H and O–H groups in total. The van der Waals surface area contributed by atoms with Crippen LogP contribution >= 0.6 is 0 Å². The molecule has 0 bridgehead atoms. The predicted molar refractivity (Wildman–Crippen MR) is 129 cm³/mol. The topological polar surface area (TPSA) is 93.7 Å². The maximum atomic E-state index is 13.2. The summed E-state index contributed by atoms with van der Waals surface area (Å²) in [7, 11) is -0.644. The molecule has 3 rings (SSSR count). The zero-order valence-corrected chi connectivity index (χ0v) is 20.2. The number of rotatable bonds is 8. The van der Waals surface area contributed by atoms with Gasteiger partial charge in [-0.05, 0) is 68.3 Å². The maximum absolute atomic E-state index is 13.2. The Balaban J connectivity index is 1.80. The van der Waals surface area contributed by atoms with Gasteiger partial charge >= 0.3 is 0 Å². The van der Waals surface area contributed by atoms with Gasteiger partial charge in [0.05, 0.1) is 36.2 Å². The number of methoxy groups -OCH3 is 2. The molecule has 3 aromatic rings. The van der Waals surface area contributed by atoms with Gasteiger partial charge in [-0.15, -0.1) is 0 Å². The fraction of sp³-hybridized carbons (Fsp3) is 0.240. The largest absolute Gasteiger partial charge is 0.497 e. The van der Waals surface area contributed by atoms with E-state index in [1.807, 2.05) is 19.9 Å². The summed E-state index contributed by atoms with van der Waals surface area (Å²) in [6.45, 7) is 5.40. The normalized spacial score (nSPS) is 11.1. The van der Waals surface area contributed by atoms with Crippen molar-refractivity contribution in [2.45, 2.75) is 30.6 Å². The summed E-state index contributed by atoms with van der Waals surface area (Å²) in [5.41, 5.74) is 3.39. The number of benzene rings is 3. The summed E-state index contributed by atoms with van der Waals surface area (Å²) in [4.78, 5) is 13.0. The number of aryl methyl sites for hydroxylation is 2. The van der Waals surface area contributed by atoms with Crippen LogP contribution < -0.4 is 20.1 Å². The van der Waals surface area contributed by atoms with E-state index in [9.17, 15) is 13.2 Å². The molecule has 33 heavy (non-hydrogen) atoms. The molecule has 0 saturated carbocycles. The molecular formula is C25H28N2O5S. The van der Waals surface area contributed by atoms with Crippen molar-refractivity contribution in [2.24, 2.45) is 0 Å². The second-order valence-electron chi connectivity index (χ2n) is 7.72. The highest BCUT2D eigenvalue weighted by atomic mass is 32.2. The molecule has 8 heteroatoms. The minimum atomic E-state index is -3.70. The molecule has 0 atom stereocenters. The van der Waals surface area contributed by atoms with Crippen LogP contribution in [0.15, 0.2) is 64.4 Å². The Morgan fingerprint density at radius 3 is 2.18 bits per heavy atom. The molecule has 0 saturated heterocycles. The first-order chi connectivity index (χ1) is 15.6. The molecule has 0 aromatic heterocycles. The Morgan fingerprint density at radius 2 is 1.55 bits per heavy atom. The van der Waals surface area contributed by atoms with Crippen LogP contribution in [0.1, 0.15) is 16.7 Å². The van der Waals surface area contributed by atoms with E-state index in [2.05, 4.69) is 10.6 Å². The van der Waals surface area contributed by atoms with E-state index in [0.717, 1.165) is 11.1 Å². The maximum Gasteiger partial charge on any atom is 0.243 e. The highest BCUT2D eigenvalue weighted by Gasteiger charge is 2.22. The van der Waals surface area contributed by atoms with Crippen LogP contribution in [-0.4, -0.2) is 35.1 Å². The predicted octanol–water partition coefficient (Wildman–Crippen LogP) is 4.51. The number of carbonyl (C=O) groups is 1. The number of anilines is 2. The number of sulfone groups is 1. The summed E-state index contributed by atoms with van der Waals surface area (Å²) in [5.74, 6) is 0.781. The molecule has 0 aliphatic heterocycles. The fourth-order valence-electron chi connectivity index (χ4n) is 3.40. The Hall–Kier alpha value is -3.52. The van der Waals surface area contributed by atoms with Crippen molar-refractivity contribution < 1.29 is 22.7 Å². The van der Waals surface area contributed by atoms with Crippen LogP contribution in [-0.2, 0) is 14.6 Å². The van der Waals surface area contributed by atoms with Gasteiger partial charge in [0, 0.05) is 11.8 Å². The zero-order chi connectivity index (χ0) is 24.2. The summed E-state index contributed by atoms with van der Waals surface area (Å²) < 4.78 is 37.0. The van der Waals surface area contributed by atoms with Gasteiger partial charge in [0.25, 0.3) is 0 Å². The highest BCUT2D eigenvalue weighted by molar-refractivity contribution is 7.91. The molecule has 0 radical (unpaired) electrons. The van der Waals surface area contributed by atoms with Crippen molar-refractivity contribution in [1.82, 2.24) is 0 Å². The number of ether oxygens (including phenoxy) is 2. The number of hydrogen-bond acceptors (Lipinski definition) is 6. The second-order valence-corrected chi connectivity index (χ2v) is 9.64. The number of nitrogens with one attached hydrogen (secondary N) is 2. The Bertz CT molecular complexity index is 1270. The van der Waals surface area contributed by atoms with Gasteiger partial charge in [0.1, 0.15) is 11.5 Å². The Morgan fingerprint density at radius 1 is 0.848 bits per heavy atom. The second kappa shape index (κ2) is 9.95. The van der Waals surface area contributed by atoms with E-state index in [0.29, 0.717) is 28.4 Å². The van der Waals surface area contributed by atoms with Gasteiger partial charge in [-0.1, -0.05) is 17.7 Å². The first kappa shape index (κ1) is 24.1. The first-order valence-electron chi connectivity index (χ1n) is 10.3. The number of carbonyl (C=O) groups excluding carboxylic acids is 1. The third-order valence-corrected chi connectivity index (χ3v) is 7.14. The van der Waals surface area contributed by atoms with Crippen molar-refractivity contribution in [2.75, 3.05) is 31.4 Å². The van der Waals surface area contributed by atoms with Crippen molar-refractivity contribution in [3.63, 3.8) is 0 Å². The van der Waals surface area contributed by atoms with Gasteiger partial charge in [0.2, 0.25) is 15.7 Å². The quantitative estimate of drug-likeness (QED) is 0.505. The molecule has 3 aromatic carbocycles. The van der Waals surface area contributed by atoms with Gasteiger partial charge in [-0.25, -0.2) is 8.42 Å². The molecule has 0 heterocycles. The standard InChI is InChI=1S/C25H28N2O5S/c1-16-6-9-20(10-7-16)33(29,30)24-13-17(2)12-22(18(24)3)26-15-25(28)27-21-11-8-19(31-4)14-23(21)32-5/h6-14,26H,15H2,1-5H3,(H,27,28). The molecule has 0 spiro atoms. The number of hydrogen-bond donors (Lipinski definition) is 2. The van der Waals surface area contributed by atoms with Crippen LogP contribution in [0.25, 0.3) is 0 Å². The zero-order valence-electron chi connectivity index (χ0n) is 19.4. The average molecular weight is 469 g/mol. The van der Waals surface area contributed by atoms with Crippen molar-refractivity contribution >= 4 is 27.1 Å². The van der Waals surface area contributed by atoms with E-state index in [-0.39, 0.29) is 22.2 Å². The molecule has 0 fully saturated rings. The molecule has 174 valence electrons. The van der Waals surface area contributed by atoms with E-state index in [4.69, 9.17) is 9.47 Å². The SMILES string of the molecule is COc1ccc(NC(=O)CNc2cc(C)cc(S(=O)(=O)c3ccc(C)cc3)c2C)c(OC)c1. The minimum absolute atomic E-state index is 0.0521. The number of amides is 1. The molecule has 1 amide bonds. The van der Waals surface area contributed by atoms with Gasteiger partial charge in [-0.3, -0.25) is 4.79 Å². The molecular weight excluding hydrogens is 440 g/mol. The summed E-state index contributed by atoms with van der Waals surface area (Å²) in [5, 5.41) is 5.86. The molecule has 0 unspecified atom stereocenters. The minimum Gasteiger partial charge on any atom is -0.497 e. The third-order valence-electron chi connectivity index (χ3n) is 5.25. The van der Waals surface area contributed by atoms with E-state index >= 15 is 0 Å². The van der Waals surface area contributed by atoms with Crippen LogP contribution in [0, 0.1) is 20.8 Å². The molecule has 0 aliphatic carbocycles. The average Bonchev–Trinajstić information content (AvgIpc) is 2.79. The Labute approximate surface area is 194 Å². The highest BCUT2D eigenvalue weighted by Crippen LogP contribution is 2.31. The van der Waals surface area contributed by atoms with Crippen LogP contribution in [0.4, 0.5) is 11.4 Å². The summed E-state index contributed by atoms with van der Waals surface area (Å²) in [6.07, 6.45) is 0. The van der Waals surface area contributed by atoms with Crippen molar-refractivity contribution in [1.29, 1.82) is 0 Å². The molecule has 0 aliphatic rings. The van der Waals surface area contributed by atoms with E-state index in [1.54, 1.807) is 62.6 Å². The van der Waals surface area contributed by atoms with E-state index in [1.165, 1.54) is 7.11 Å². The van der Waals surface area contributed by atoms with Crippen LogP contribution in [0.3, 0.4) is 0 Å². The lowest BCUT2D eigenvalue weighted by Crippen LogP contribution is -2.22. The van der Waals surface area contributed by atoms with Gasteiger partial charge in [0.15, 0.2) is 0 Å². The van der Waals surface area contributed by atoms with Crippen LogP contribution in [0.2, 0.25) is 0 Å². The summed E-state index contributed by atoms with van der Waals surface area (Å²) >= 11 is 0. The van der Waals surface area contributed by atoms with Crippen LogP contribution in [0.5, 0.6) is 11.5 Å². The monoisotopic (exact) mass is 468 g/mol. The molecule has 7 nitrogen and oxygen atoms in total. The fourth-order valence-corrected chi connectivity index (χ4v) is 5.01. The summed E-state index contributed by atoms with van der Waals surface area (Å²) in [6, 6.07) is 15.3.